The molecule has 0 bridgehead atoms. The number of carbonyl (C=O) groups excluding carboxylic acids is 2. The van der Waals surface area contributed by atoms with Crippen molar-refractivity contribution >= 4 is 27.7 Å². The molecule has 1 aliphatic carbocycles. The predicted molar refractivity (Wildman–Crippen MR) is 56.3 cm³/mol. The maximum Gasteiger partial charge on any atom is 0.308 e. The van der Waals surface area contributed by atoms with Crippen molar-refractivity contribution in [3.8, 4) is 0 Å². The predicted octanol–water partition coefficient (Wildman–Crippen LogP) is 1.93. The van der Waals surface area contributed by atoms with E-state index in [1.807, 2.05) is 0 Å². The molecule has 0 aromatic carbocycles. The minimum atomic E-state index is -0.130. The Kier molecular flexibility index (Phi) is 4.58. The normalized spacial score (nSPS) is 27.0. The molecule has 0 unspecified atom stereocenters. The number of alkyl halides is 1. The van der Waals surface area contributed by atoms with E-state index in [4.69, 9.17) is 0 Å². The Bertz CT molecular complexity index is 195. The van der Waals surface area contributed by atoms with E-state index in [-0.39, 0.29) is 23.6 Å². The van der Waals surface area contributed by atoms with Crippen LogP contribution < -0.4 is 0 Å². The van der Waals surface area contributed by atoms with Gasteiger partial charge in [-0.15, -0.1) is 0 Å². The van der Waals surface area contributed by atoms with Crippen LogP contribution in [0, 0.1) is 11.8 Å². The van der Waals surface area contributed by atoms with Gasteiger partial charge in [0.25, 0.3) is 0 Å². The molecule has 0 atom stereocenters. The van der Waals surface area contributed by atoms with E-state index in [0.717, 1.165) is 25.7 Å². The maximum atomic E-state index is 11.3. The average molecular weight is 263 g/mol. The SMILES string of the molecule is COC(=O)[C@H]1CC[C@H](C(=O)CBr)CC1. The van der Waals surface area contributed by atoms with Crippen LogP contribution in [0.5, 0.6) is 0 Å². The number of methoxy groups -OCH3 is 1. The second kappa shape index (κ2) is 5.49. The van der Waals surface area contributed by atoms with Crippen LogP contribution in [-0.2, 0) is 14.3 Å². The maximum absolute atomic E-state index is 11.3. The smallest absolute Gasteiger partial charge is 0.308 e. The number of carbonyl (C=O) groups is 2. The van der Waals surface area contributed by atoms with Gasteiger partial charge in [-0.1, -0.05) is 15.9 Å². The van der Waals surface area contributed by atoms with Gasteiger partial charge in [0, 0.05) is 5.92 Å². The van der Waals surface area contributed by atoms with Gasteiger partial charge < -0.3 is 4.74 Å². The molecule has 1 aliphatic rings. The summed E-state index contributed by atoms with van der Waals surface area (Å²) in [7, 11) is 1.41. The van der Waals surface area contributed by atoms with Gasteiger partial charge in [0.2, 0.25) is 0 Å². The first-order valence-corrected chi connectivity index (χ1v) is 5.97. The van der Waals surface area contributed by atoms with Crippen molar-refractivity contribution in [2.75, 3.05) is 12.4 Å². The zero-order valence-corrected chi connectivity index (χ0v) is 9.88. The standard InChI is InChI=1S/C10H15BrO3/c1-14-10(13)8-4-2-7(3-5-8)9(12)6-11/h7-8H,2-6H2,1H3/t7-,8-. The summed E-state index contributed by atoms with van der Waals surface area (Å²) in [6, 6.07) is 0. The van der Waals surface area contributed by atoms with Crippen molar-refractivity contribution in [2.45, 2.75) is 25.7 Å². The molecule has 0 heterocycles. The van der Waals surface area contributed by atoms with Gasteiger partial charge >= 0.3 is 5.97 Å². The minimum absolute atomic E-state index is 0.0133. The number of ether oxygens (including phenoxy) is 1. The van der Waals surface area contributed by atoms with E-state index >= 15 is 0 Å². The van der Waals surface area contributed by atoms with Crippen molar-refractivity contribution in [3.05, 3.63) is 0 Å². The molecule has 0 amide bonds. The molecule has 0 spiro atoms. The first-order chi connectivity index (χ1) is 6.69. The Morgan fingerprint density at radius 3 is 2.14 bits per heavy atom. The Balaban J connectivity index is 2.38. The fourth-order valence-corrected chi connectivity index (χ4v) is 2.38. The molecule has 4 heteroatoms. The summed E-state index contributed by atoms with van der Waals surface area (Å²) in [5, 5.41) is 0.431. The zero-order chi connectivity index (χ0) is 10.6. The molecule has 1 rings (SSSR count). The lowest BCUT2D eigenvalue weighted by Crippen LogP contribution is -2.27. The first-order valence-electron chi connectivity index (χ1n) is 4.85. The van der Waals surface area contributed by atoms with Gasteiger partial charge in [-0.25, -0.2) is 0 Å². The molecule has 0 aliphatic heterocycles. The lowest BCUT2D eigenvalue weighted by atomic mass is 9.80. The number of hydrogen-bond acceptors (Lipinski definition) is 3. The molecule has 1 saturated carbocycles. The molecular weight excluding hydrogens is 248 g/mol. The quantitative estimate of drug-likeness (QED) is 0.577. The van der Waals surface area contributed by atoms with Crippen LogP contribution in [0.15, 0.2) is 0 Å². The number of ketones is 1. The van der Waals surface area contributed by atoms with Crippen LogP contribution in [0.1, 0.15) is 25.7 Å². The van der Waals surface area contributed by atoms with Gasteiger partial charge in [0.05, 0.1) is 18.4 Å². The van der Waals surface area contributed by atoms with Gasteiger partial charge in [0.15, 0.2) is 0 Å². The molecule has 0 saturated heterocycles. The van der Waals surface area contributed by atoms with E-state index in [1.54, 1.807) is 0 Å². The lowest BCUT2D eigenvalue weighted by molar-refractivity contribution is -0.147. The van der Waals surface area contributed by atoms with Crippen molar-refractivity contribution in [2.24, 2.45) is 11.8 Å². The van der Waals surface area contributed by atoms with Crippen molar-refractivity contribution in [1.82, 2.24) is 0 Å². The highest BCUT2D eigenvalue weighted by atomic mass is 79.9. The second-order valence-corrected chi connectivity index (χ2v) is 4.23. The number of rotatable bonds is 3. The van der Waals surface area contributed by atoms with E-state index in [1.165, 1.54) is 7.11 Å². The number of hydrogen-bond donors (Lipinski definition) is 0. The Labute approximate surface area is 92.3 Å². The Morgan fingerprint density at radius 2 is 1.71 bits per heavy atom. The number of Topliss-reactive ketones (excluding diaryl/α,β-unsaturated/α-hetero) is 1. The minimum Gasteiger partial charge on any atom is -0.469 e. The van der Waals surface area contributed by atoms with Crippen LogP contribution >= 0.6 is 15.9 Å². The third-order valence-corrected chi connectivity index (χ3v) is 3.40. The summed E-state index contributed by atoms with van der Waals surface area (Å²) in [5.74, 6) is 0.290. The summed E-state index contributed by atoms with van der Waals surface area (Å²) in [6.45, 7) is 0. The highest BCUT2D eigenvalue weighted by Crippen LogP contribution is 2.30. The topological polar surface area (TPSA) is 43.4 Å². The van der Waals surface area contributed by atoms with Crippen molar-refractivity contribution in [1.29, 1.82) is 0 Å². The third kappa shape index (κ3) is 2.80. The van der Waals surface area contributed by atoms with Crippen molar-refractivity contribution < 1.29 is 14.3 Å². The lowest BCUT2D eigenvalue weighted by Gasteiger charge is -2.25. The van der Waals surface area contributed by atoms with Gasteiger partial charge in [0.1, 0.15) is 5.78 Å². The monoisotopic (exact) mass is 262 g/mol. The van der Waals surface area contributed by atoms with E-state index in [0.29, 0.717) is 5.33 Å². The zero-order valence-electron chi connectivity index (χ0n) is 8.29. The van der Waals surface area contributed by atoms with Crippen LogP contribution in [0.3, 0.4) is 0 Å². The van der Waals surface area contributed by atoms with E-state index in [2.05, 4.69) is 20.7 Å². The fourth-order valence-electron chi connectivity index (χ4n) is 1.93. The molecule has 80 valence electrons. The van der Waals surface area contributed by atoms with Gasteiger partial charge in [-0.3, -0.25) is 9.59 Å². The summed E-state index contributed by atoms with van der Waals surface area (Å²) in [6.07, 6.45) is 3.22. The Hall–Kier alpha value is -0.380. The molecule has 0 aromatic rings. The molecule has 0 radical (unpaired) electrons. The van der Waals surface area contributed by atoms with Crippen LogP contribution in [0.2, 0.25) is 0 Å². The van der Waals surface area contributed by atoms with Crippen LogP contribution in [0.4, 0.5) is 0 Å². The average Bonchev–Trinajstić information content (AvgIpc) is 2.27. The molecule has 3 nitrogen and oxygen atoms in total. The largest absolute Gasteiger partial charge is 0.469 e. The number of esters is 1. The van der Waals surface area contributed by atoms with Crippen LogP contribution in [0.25, 0.3) is 0 Å². The highest BCUT2D eigenvalue weighted by molar-refractivity contribution is 9.09. The van der Waals surface area contributed by atoms with Gasteiger partial charge in [-0.05, 0) is 25.7 Å². The van der Waals surface area contributed by atoms with Crippen LogP contribution in [-0.4, -0.2) is 24.2 Å². The Morgan fingerprint density at radius 1 is 1.21 bits per heavy atom. The first kappa shape index (κ1) is 11.7. The third-order valence-electron chi connectivity index (χ3n) is 2.85. The molecule has 14 heavy (non-hydrogen) atoms. The van der Waals surface area contributed by atoms with Gasteiger partial charge in [-0.2, -0.15) is 0 Å². The molecular formula is C10H15BrO3. The molecule has 1 fully saturated rings. The summed E-state index contributed by atoms with van der Waals surface area (Å²) < 4.78 is 4.68. The summed E-state index contributed by atoms with van der Waals surface area (Å²) in [5.41, 5.74) is 0. The van der Waals surface area contributed by atoms with E-state index in [9.17, 15) is 9.59 Å². The molecule has 0 aromatic heterocycles. The summed E-state index contributed by atoms with van der Waals surface area (Å²) >= 11 is 3.17. The van der Waals surface area contributed by atoms with E-state index < -0.39 is 0 Å². The second-order valence-electron chi connectivity index (χ2n) is 3.67. The number of halogens is 1. The van der Waals surface area contributed by atoms with Crippen molar-refractivity contribution in [3.63, 3.8) is 0 Å². The summed E-state index contributed by atoms with van der Waals surface area (Å²) in [4.78, 5) is 22.5. The molecule has 0 N–H and O–H groups in total. The fraction of sp³-hybridized carbons (Fsp3) is 0.800. The highest BCUT2D eigenvalue weighted by Gasteiger charge is 2.29.